The van der Waals surface area contributed by atoms with E-state index < -0.39 is 5.82 Å². The third kappa shape index (κ3) is 2.40. The van der Waals surface area contributed by atoms with Crippen molar-refractivity contribution in [2.24, 2.45) is 0 Å². The molecule has 3 rings (SSSR count). The van der Waals surface area contributed by atoms with E-state index in [2.05, 4.69) is 10.3 Å². The second-order valence-corrected chi connectivity index (χ2v) is 5.00. The molecule has 0 radical (unpaired) electrons. The number of fused-ring (bicyclic) bond motifs is 1. The minimum Gasteiger partial charge on any atom is -0.313 e. The molecule has 0 spiro atoms. The second-order valence-electron chi connectivity index (χ2n) is 5.00. The molecule has 1 atom stereocenters. The van der Waals surface area contributed by atoms with Gasteiger partial charge >= 0.3 is 0 Å². The molecule has 1 aromatic carbocycles. The van der Waals surface area contributed by atoms with Crippen molar-refractivity contribution in [2.75, 3.05) is 18.5 Å². The first kappa shape index (κ1) is 13.7. The first-order valence-corrected chi connectivity index (χ1v) is 6.90. The number of nitrogens with zero attached hydrogens (tertiary/aromatic N) is 2. The van der Waals surface area contributed by atoms with Gasteiger partial charge in [0.15, 0.2) is 5.82 Å². The average molecular weight is 285 g/mol. The van der Waals surface area contributed by atoms with Gasteiger partial charge in [0.2, 0.25) is 0 Å². The molecule has 0 bridgehead atoms. The number of hydrogen-bond acceptors (Lipinski definition) is 3. The topological polar surface area (TPSA) is 45.2 Å². The van der Waals surface area contributed by atoms with Gasteiger partial charge in [0.25, 0.3) is 5.91 Å². The van der Waals surface area contributed by atoms with Crippen LogP contribution in [-0.2, 0) is 0 Å². The fraction of sp³-hybridized carbons (Fsp3) is 0.250. The molecule has 21 heavy (non-hydrogen) atoms. The van der Waals surface area contributed by atoms with E-state index in [0.717, 1.165) is 23.9 Å². The number of para-hydroxylation sites is 1. The van der Waals surface area contributed by atoms with Crippen LogP contribution < -0.4 is 10.2 Å². The van der Waals surface area contributed by atoms with Gasteiger partial charge in [-0.15, -0.1) is 0 Å². The summed E-state index contributed by atoms with van der Waals surface area (Å²) in [6.45, 7) is 0.559. The summed E-state index contributed by atoms with van der Waals surface area (Å²) in [5.74, 6) is -0.910. The van der Waals surface area contributed by atoms with E-state index in [9.17, 15) is 9.18 Å². The summed E-state index contributed by atoms with van der Waals surface area (Å²) < 4.78 is 13.8. The van der Waals surface area contributed by atoms with Crippen LogP contribution in [0.4, 0.5) is 10.1 Å². The Balaban J connectivity index is 2.01. The first-order chi connectivity index (χ1) is 10.2. The Morgan fingerprint density at radius 3 is 2.95 bits per heavy atom. The van der Waals surface area contributed by atoms with Crippen LogP contribution in [0.3, 0.4) is 0 Å². The molecule has 1 aliphatic rings. The number of amides is 1. The molecule has 1 aliphatic heterocycles. The van der Waals surface area contributed by atoms with E-state index in [1.165, 1.54) is 12.3 Å². The summed E-state index contributed by atoms with van der Waals surface area (Å²) in [6, 6.07) is 9.37. The lowest BCUT2D eigenvalue weighted by Crippen LogP contribution is -2.39. The lowest BCUT2D eigenvalue weighted by atomic mass is 9.96. The zero-order valence-electron chi connectivity index (χ0n) is 11.7. The Kier molecular flexibility index (Phi) is 3.66. The second kappa shape index (κ2) is 5.61. The molecule has 1 amide bonds. The maximum absolute atomic E-state index is 13.8. The van der Waals surface area contributed by atoms with Gasteiger partial charge in [-0.1, -0.05) is 18.2 Å². The average Bonchev–Trinajstić information content (AvgIpc) is 2.53. The van der Waals surface area contributed by atoms with Crippen LogP contribution in [0.25, 0.3) is 0 Å². The maximum Gasteiger partial charge on any atom is 0.261 e. The van der Waals surface area contributed by atoms with Crippen LogP contribution in [0, 0.1) is 5.82 Å². The van der Waals surface area contributed by atoms with E-state index in [4.69, 9.17) is 0 Å². The maximum atomic E-state index is 13.8. The molecule has 1 aromatic heterocycles. The minimum atomic E-state index is -0.587. The standard InChI is InChI=1S/C16H16FN3O/c1-18-14-7-9-20(15-5-3-2-4-12(14)15)16(21)11-6-8-19-10-13(11)17/h2-6,8,10,14,18H,7,9H2,1H3. The van der Waals surface area contributed by atoms with Gasteiger partial charge < -0.3 is 10.2 Å². The fourth-order valence-electron chi connectivity index (χ4n) is 2.77. The van der Waals surface area contributed by atoms with Crippen molar-refractivity contribution in [3.63, 3.8) is 0 Å². The summed E-state index contributed by atoms with van der Waals surface area (Å²) >= 11 is 0. The van der Waals surface area contributed by atoms with E-state index in [0.29, 0.717) is 6.54 Å². The highest BCUT2D eigenvalue weighted by molar-refractivity contribution is 6.06. The molecule has 4 nitrogen and oxygen atoms in total. The summed E-state index contributed by atoms with van der Waals surface area (Å²) in [5, 5.41) is 3.25. The summed E-state index contributed by atoms with van der Waals surface area (Å²) in [5.41, 5.74) is 1.96. The van der Waals surface area contributed by atoms with E-state index in [-0.39, 0.29) is 17.5 Å². The number of hydrogen-bond donors (Lipinski definition) is 1. The number of carbonyl (C=O) groups excluding carboxylic acids is 1. The molecule has 0 saturated carbocycles. The molecular weight excluding hydrogens is 269 g/mol. The zero-order chi connectivity index (χ0) is 14.8. The highest BCUT2D eigenvalue weighted by atomic mass is 19.1. The minimum absolute atomic E-state index is 0.0581. The molecule has 0 fully saturated rings. The lowest BCUT2D eigenvalue weighted by molar-refractivity contribution is 0.0979. The number of pyridine rings is 1. The third-order valence-electron chi connectivity index (χ3n) is 3.84. The summed E-state index contributed by atoms with van der Waals surface area (Å²) in [7, 11) is 1.90. The normalized spacial score (nSPS) is 17.4. The Morgan fingerprint density at radius 2 is 2.19 bits per heavy atom. The lowest BCUT2D eigenvalue weighted by Gasteiger charge is -2.34. The van der Waals surface area contributed by atoms with Crippen molar-refractivity contribution in [2.45, 2.75) is 12.5 Å². The van der Waals surface area contributed by atoms with Gasteiger partial charge in [-0.25, -0.2) is 4.39 Å². The van der Waals surface area contributed by atoms with Crippen molar-refractivity contribution in [3.05, 3.63) is 59.7 Å². The Morgan fingerprint density at radius 1 is 1.38 bits per heavy atom. The van der Waals surface area contributed by atoms with Crippen molar-refractivity contribution < 1.29 is 9.18 Å². The van der Waals surface area contributed by atoms with Crippen molar-refractivity contribution in [3.8, 4) is 0 Å². The zero-order valence-corrected chi connectivity index (χ0v) is 11.7. The van der Waals surface area contributed by atoms with Crippen LogP contribution in [0.2, 0.25) is 0 Å². The molecule has 0 saturated heterocycles. The van der Waals surface area contributed by atoms with Crippen molar-refractivity contribution in [1.82, 2.24) is 10.3 Å². The number of benzene rings is 1. The van der Waals surface area contributed by atoms with Crippen molar-refractivity contribution >= 4 is 11.6 Å². The Labute approximate surface area is 122 Å². The Hall–Kier alpha value is -2.27. The van der Waals surface area contributed by atoms with Crippen molar-refractivity contribution in [1.29, 1.82) is 0 Å². The fourth-order valence-corrected chi connectivity index (χ4v) is 2.77. The van der Waals surface area contributed by atoms with Crippen LogP contribution in [-0.4, -0.2) is 24.5 Å². The van der Waals surface area contributed by atoms with Gasteiger partial charge in [-0.3, -0.25) is 9.78 Å². The van der Waals surface area contributed by atoms with Crippen LogP contribution >= 0.6 is 0 Å². The summed E-state index contributed by atoms with van der Waals surface area (Å²) in [4.78, 5) is 17.9. The highest BCUT2D eigenvalue weighted by Gasteiger charge is 2.29. The van der Waals surface area contributed by atoms with Gasteiger partial charge in [0.1, 0.15) is 0 Å². The van der Waals surface area contributed by atoms with Gasteiger partial charge in [-0.2, -0.15) is 0 Å². The van der Waals surface area contributed by atoms with Gasteiger partial charge in [0.05, 0.1) is 11.8 Å². The number of halogens is 1. The molecule has 5 heteroatoms. The molecule has 2 aromatic rings. The predicted octanol–water partition coefficient (Wildman–Crippen LogP) is 2.53. The molecule has 108 valence electrons. The van der Waals surface area contributed by atoms with Crippen LogP contribution in [0.1, 0.15) is 28.4 Å². The quantitative estimate of drug-likeness (QED) is 0.922. The molecule has 2 heterocycles. The van der Waals surface area contributed by atoms with E-state index in [1.54, 1.807) is 4.90 Å². The monoisotopic (exact) mass is 285 g/mol. The Bertz CT molecular complexity index is 674. The number of rotatable bonds is 2. The van der Waals surface area contributed by atoms with Gasteiger partial charge in [-0.05, 0) is 31.2 Å². The number of carbonyl (C=O) groups is 1. The van der Waals surface area contributed by atoms with E-state index in [1.807, 2.05) is 31.3 Å². The van der Waals surface area contributed by atoms with Crippen LogP contribution in [0.5, 0.6) is 0 Å². The third-order valence-corrected chi connectivity index (χ3v) is 3.84. The predicted molar refractivity (Wildman–Crippen MR) is 78.7 cm³/mol. The molecule has 1 unspecified atom stereocenters. The molecular formula is C16H16FN3O. The van der Waals surface area contributed by atoms with Crippen LogP contribution in [0.15, 0.2) is 42.7 Å². The smallest absolute Gasteiger partial charge is 0.261 e. The number of anilines is 1. The molecule has 1 N–H and O–H groups in total. The number of aromatic nitrogens is 1. The summed E-state index contributed by atoms with van der Waals surface area (Å²) in [6.07, 6.45) is 3.30. The SMILES string of the molecule is CNC1CCN(C(=O)c2ccncc2F)c2ccccc21. The number of nitrogens with one attached hydrogen (secondary N) is 1. The van der Waals surface area contributed by atoms with Gasteiger partial charge in [0, 0.05) is 24.5 Å². The first-order valence-electron chi connectivity index (χ1n) is 6.90. The highest BCUT2D eigenvalue weighted by Crippen LogP contribution is 2.34. The largest absolute Gasteiger partial charge is 0.313 e. The van der Waals surface area contributed by atoms with E-state index >= 15 is 0 Å². The molecule has 0 aliphatic carbocycles.